The maximum Gasteiger partial charge on any atom is 0.326 e. The molecule has 1 aliphatic heterocycles. The van der Waals surface area contributed by atoms with E-state index in [4.69, 9.17) is 5.90 Å². The zero-order chi connectivity index (χ0) is 19.1. The normalized spacial score (nSPS) is 14.0. The molecule has 9 heteroatoms. The van der Waals surface area contributed by atoms with Crippen LogP contribution in [0.4, 0.5) is 11.6 Å². The van der Waals surface area contributed by atoms with Crippen molar-refractivity contribution in [2.75, 3.05) is 42.5 Å². The summed E-state index contributed by atoms with van der Waals surface area (Å²) in [4.78, 5) is 40.1. The molecular weight excluding hydrogens is 348 g/mol. The Morgan fingerprint density at radius 2 is 1.67 bits per heavy atom. The third-order valence-electron chi connectivity index (χ3n) is 4.36. The number of nitrogens with two attached hydrogens (primary N) is 1. The summed E-state index contributed by atoms with van der Waals surface area (Å²) in [7, 11) is 0. The van der Waals surface area contributed by atoms with Crippen LogP contribution in [0, 0.1) is 0 Å². The van der Waals surface area contributed by atoms with Crippen LogP contribution in [0.1, 0.15) is 16.8 Å². The third kappa shape index (κ3) is 4.91. The van der Waals surface area contributed by atoms with Crippen molar-refractivity contribution >= 4 is 23.5 Å². The van der Waals surface area contributed by atoms with Crippen molar-refractivity contribution in [1.29, 1.82) is 0 Å². The van der Waals surface area contributed by atoms with Gasteiger partial charge in [0.1, 0.15) is 0 Å². The number of hydrogen-bond donors (Lipinski definition) is 2. The molecule has 142 valence electrons. The molecule has 3 N–H and O–H groups in total. The number of hydrogen-bond acceptors (Lipinski definition) is 8. The molecule has 1 aliphatic rings. The number of carbonyl (C=O) groups excluding carboxylic acids is 2. The smallest absolute Gasteiger partial charge is 0.326 e. The van der Waals surface area contributed by atoms with Gasteiger partial charge in [0.05, 0.1) is 6.42 Å². The van der Waals surface area contributed by atoms with Gasteiger partial charge in [-0.25, -0.2) is 9.97 Å². The van der Waals surface area contributed by atoms with Gasteiger partial charge in [-0.3, -0.25) is 9.59 Å². The van der Waals surface area contributed by atoms with Crippen molar-refractivity contribution in [2.24, 2.45) is 5.90 Å². The molecule has 0 spiro atoms. The summed E-state index contributed by atoms with van der Waals surface area (Å²) in [5.41, 5.74) is 1.60. The first-order chi connectivity index (χ1) is 13.2. The molecule has 3 rings (SSSR count). The van der Waals surface area contributed by atoms with E-state index in [1.165, 1.54) is 0 Å². The van der Waals surface area contributed by atoms with Crippen molar-refractivity contribution in [3.63, 3.8) is 0 Å². The maximum atomic E-state index is 12.1. The summed E-state index contributed by atoms with van der Waals surface area (Å²) < 4.78 is 0. The molecule has 9 nitrogen and oxygen atoms in total. The Kier molecular flexibility index (Phi) is 6.16. The van der Waals surface area contributed by atoms with Gasteiger partial charge in [0.15, 0.2) is 0 Å². The predicted octanol–water partition coefficient (Wildman–Crippen LogP) is 0.340. The molecule has 0 atom stereocenters. The quantitative estimate of drug-likeness (QED) is 0.700. The number of benzene rings is 1. The van der Waals surface area contributed by atoms with Crippen LogP contribution in [0.25, 0.3) is 0 Å². The first kappa shape index (κ1) is 18.6. The maximum absolute atomic E-state index is 12.1. The fraction of sp³-hybridized carbons (Fsp3) is 0.333. The standard InChI is InChI=1S/C18H22N6O3/c19-27-16(25)6-9-20-17(26)14-2-4-15(5-3-14)23-10-12-24(13-11-23)18-21-7-1-8-22-18/h1-5,7-8H,6,9-13,19H2,(H,20,26). The van der Waals surface area contributed by atoms with E-state index in [0.29, 0.717) is 5.56 Å². The van der Waals surface area contributed by atoms with Crippen LogP contribution >= 0.6 is 0 Å². The van der Waals surface area contributed by atoms with Crippen molar-refractivity contribution < 1.29 is 14.4 Å². The molecule has 1 aromatic heterocycles. The fourth-order valence-electron chi connectivity index (χ4n) is 2.88. The first-order valence-electron chi connectivity index (χ1n) is 8.72. The highest BCUT2D eigenvalue weighted by Crippen LogP contribution is 2.19. The van der Waals surface area contributed by atoms with Crippen LogP contribution in [-0.2, 0) is 9.63 Å². The van der Waals surface area contributed by atoms with Crippen LogP contribution in [0.3, 0.4) is 0 Å². The summed E-state index contributed by atoms with van der Waals surface area (Å²) in [5.74, 6) is 4.70. The van der Waals surface area contributed by atoms with Gasteiger partial charge in [0.25, 0.3) is 5.91 Å². The van der Waals surface area contributed by atoms with Crippen LogP contribution < -0.4 is 21.0 Å². The van der Waals surface area contributed by atoms with Crippen molar-refractivity contribution in [3.05, 3.63) is 48.3 Å². The van der Waals surface area contributed by atoms with Gasteiger partial charge in [0.2, 0.25) is 5.95 Å². The van der Waals surface area contributed by atoms with E-state index in [1.54, 1.807) is 30.6 Å². The van der Waals surface area contributed by atoms with Crippen LogP contribution in [0.5, 0.6) is 0 Å². The van der Waals surface area contributed by atoms with E-state index in [0.717, 1.165) is 37.8 Å². The highest BCUT2D eigenvalue weighted by Gasteiger charge is 2.19. The van der Waals surface area contributed by atoms with Gasteiger partial charge in [-0.15, -0.1) is 0 Å². The fourth-order valence-corrected chi connectivity index (χ4v) is 2.88. The molecule has 0 saturated carbocycles. The average molecular weight is 370 g/mol. The van der Waals surface area contributed by atoms with E-state index in [1.807, 2.05) is 12.1 Å². The van der Waals surface area contributed by atoms with Crippen molar-refractivity contribution in [3.8, 4) is 0 Å². The SMILES string of the molecule is NOC(=O)CCNC(=O)c1ccc(N2CCN(c3ncccn3)CC2)cc1. The first-order valence-corrected chi connectivity index (χ1v) is 8.72. The number of anilines is 2. The molecule has 0 bridgehead atoms. The van der Waals surface area contributed by atoms with Gasteiger partial charge >= 0.3 is 5.97 Å². The molecule has 1 saturated heterocycles. The molecule has 2 aromatic rings. The Morgan fingerprint density at radius 1 is 1.04 bits per heavy atom. The van der Waals surface area contributed by atoms with Gasteiger partial charge < -0.3 is 20.0 Å². The topological polar surface area (TPSA) is 114 Å². The van der Waals surface area contributed by atoms with Gasteiger partial charge in [-0.1, -0.05) is 0 Å². The second-order valence-electron chi connectivity index (χ2n) is 6.07. The third-order valence-corrected chi connectivity index (χ3v) is 4.36. The molecule has 1 amide bonds. The summed E-state index contributed by atoms with van der Waals surface area (Å²) in [6.45, 7) is 3.56. The Bertz CT molecular complexity index is 760. The Balaban J connectivity index is 1.50. The van der Waals surface area contributed by atoms with E-state index in [2.05, 4.69) is 29.9 Å². The summed E-state index contributed by atoms with van der Waals surface area (Å²) in [6, 6.07) is 9.22. The van der Waals surface area contributed by atoms with Crippen LogP contribution in [0.15, 0.2) is 42.7 Å². The number of aromatic nitrogens is 2. The highest BCUT2D eigenvalue weighted by molar-refractivity contribution is 5.94. The van der Waals surface area contributed by atoms with Crippen molar-refractivity contribution in [1.82, 2.24) is 15.3 Å². The van der Waals surface area contributed by atoms with Gasteiger partial charge in [0, 0.05) is 56.4 Å². The zero-order valence-electron chi connectivity index (χ0n) is 14.9. The van der Waals surface area contributed by atoms with Crippen LogP contribution in [-0.4, -0.2) is 54.6 Å². The molecule has 0 radical (unpaired) electrons. The van der Waals surface area contributed by atoms with E-state index in [-0.39, 0.29) is 18.9 Å². The van der Waals surface area contributed by atoms with Gasteiger partial charge in [-0.2, -0.15) is 5.90 Å². The highest BCUT2D eigenvalue weighted by atomic mass is 16.7. The van der Waals surface area contributed by atoms with E-state index >= 15 is 0 Å². The monoisotopic (exact) mass is 370 g/mol. The molecule has 27 heavy (non-hydrogen) atoms. The van der Waals surface area contributed by atoms with Gasteiger partial charge in [-0.05, 0) is 30.3 Å². The number of amides is 1. The number of nitrogens with one attached hydrogen (secondary N) is 1. The lowest BCUT2D eigenvalue weighted by molar-refractivity contribution is -0.144. The lowest BCUT2D eigenvalue weighted by Gasteiger charge is -2.36. The molecular formula is C18H22N6O3. The minimum atomic E-state index is -0.564. The summed E-state index contributed by atoms with van der Waals surface area (Å²) >= 11 is 0. The van der Waals surface area contributed by atoms with E-state index in [9.17, 15) is 9.59 Å². The molecule has 1 aromatic carbocycles. The molecule has 0 unspecified atom stereocenters. The average Bonchev–Trinajstić information content (AvgIpc) is 2.74. The van der Waals surface area contributed by atoms with Crippen LogP contribution in [0.2, 0.25) is 0 Å². The Labute approximate surface area is 157 Å². The molecule has 2 heterocycles. The largest absolute Gasteiger partial charge is 0.373 e. The number of piperazine rings is 1. The lowest BCUT2D eigenvalue weighted by Crippen LogP contribution is -2.47. The summed E-state index contributed by atoms with van der Waals surface area (Å²) in [6.07, 6.45) is 3.53. The Morgan fingerprint density at radius 3 is 2.30 bits per heavy atom. The second kappa shape index (κ2) is 8.95. The molecule has 0 aliphatic carbocycles. The zero-order valence-corrected chi connectivity index (χ0v) is 14.9. The number of rotatable bonds is 6. The van der Waals surface area contributed by atoms with E-state index < -0.39 is 5.97 Å². The number of nitrogens with zero attached hydrogens (tertiary/aromatic N) is 4. The predicted molar refractivity (Wildman–Crippen MR) is 100 cm³/mol. The lowest BCUT2D eigenvalue weighted by atomic mass is 10.1. The minimum absolute atomic E-state index is 0.0374. The number of carbonyl (C=O) groups is 2. The summed E-state index contributed by atoms with van der Waals surface area (Å²) in [5, 5.41) is 2.66. The van der Waals surface area contributed by atoms with Crippen molar-refractivity contribution in [2.45, 2.75) is 6.42 Å². The second-order valence-corrected chi connectivity index (χ2v) is 6.07. The molecule has 1 fully saturated rings. The Hall–Kier alpha value is -3.20. The minimum Gasteiger partial charge on any atom is -0.373 e.